The molecule has 1 atom stereocenters. The second kappa shape index (κ2) is 8.44. The summed E-state index contributed by atoms with van der Waals surface area (Å²) >= 11 is 0. The number of nitrogens with zero attached hydrogens (tertiary/aromatic N) is 1. The summed E-state index contributed by atoms with van der Waals surface area (Å²) in [6, 6.07) is 0.285. The second-order valence-corrected chi connectivity index (χ2v) is 5.76. The summed E-state index contributed by atoms with van der Waals surface area (Å²) in [5, 5.41) is 0. The molecule has 0 amide bonds. The average Bonchev–Trinajstić information content (AvgIpc) is 3.13. The van der Waals surface area contributed by atoms with Crippen molar-refractivity contribution in [3.8, 4) is 0 Å². The van der Waals surface area contributed by atoms with Crippen LogP contribution in [0.5, 0.6) is 0 Å². The normalized spacial score (nSPS) is 26.4. The van der Waals surface area contributed by atoms with Crippen molar-refractivity contribution in [3.63, 3.8) is 0 Å². The molecule has 2 saturated carbocycles. The van der Waals surface area contributed by atoms with Crippen LogP contribution in [0, 0.1) is 69.1 Å². The monoisotopic (exact) mass is 311 g/mol. The second-order valence-electron chi connectivity index (χ2n) is 5.76. The molecule has 0 aromatic carbocycles. The van der Waals surface area contributed by atoms with E-state index in [0.29, 0.717) is 6.61 Å². The molecule has 0 saturated heterocycles. The summed E-state index contributed by atoms with van der Waals surface area (Å²) < 4.78 is 5.59. The third-order valence-corrected chi connectivity index (χ3v) is 3.12. The summed E-state index contributed by atoms with van der Waals surface area (Å²) in [6.45, 7) is 7.29. The minimum atomic E-state index is 0. The van der Waals surface area contributed by atoms with Crippen LogP contribution in [0.25, 0.3) is 0 Å². The first-order valence-electron chi connectivity index (χ1n) is 6.67. The Morgan fingerprint density at radius 3 is 1.85 bits per heavy atom. The first-order valence-corrected chi connectivity index (χ1v) is 6.67. The van der Waals surface area contributed by atoms with Gasteiger partial charge >= 0.3 is 0 Å². The van der Waals surface area contributed by atoms with Gasteiger partial charge in [0.05, 0.1) is 12.0 Å². The Balaban J connectivity index is 0.000000283. The van der Waals surface area contributed by atoms with Gasteiger partial charge < -0.3 is 4.74 Å². The van der Waals surface area contributed by atoms with Crippen LogP contribution in [0.15, 0.2) is 4.99 Å². The van der Waals surface area contributed by atoms with Gasteiger partial charge in [-0.15, -0.1) is 0 Å². The molecule has 3 rings (SSSR count). The molecule has 0 aromatic rings. The molecule has 3 heteroatoms. The van der Waals surface area contributed by atoms with E-state index in [0.717, 1.165) is 11.8 Å². The molecule has 1 heterocycles. The summed E-state index contributed by atoms with van der Waals surface area (Å²) in [4.78, 5) is 4.60. The Morgan fingerprint density at radius 2 is 1.45 bits per heavy atom. The molecule has 0 aromatic heterocycles. The van der Waals surface area contributed by atoms with Crippen molar-refractivity contribution in [2.24, 2.45) is 10.4 Å². The summed E-state index contributed by atoms with van der Waals surface area (Å²) in [7, 11) is 0. The van der Waals surface area contributed by atoms with Crippen molar-refractivity contribution in [2.45, 2.75) is 26.8 Å². The third kappa shape index (κ3) is 5.41. The van der Waals surface area contributed by atoms with Crippen LogP contribution in [0.4, 0.5) is 0 Å². The van der Waals surface area contributed by atoms with Gasteiger partial charge in [0, 0.05) is 17.1 Å². The third-order valence-electron chi connectivity index (χ3n) is 3.12. The van der Waals surface area contributed by atoms with E-state index in [1.807, 2.05) is 57.8 Å². The molecule has 0 unspecified atom stereocenters. The SMILES string of the molecule is CC(C)(C)[C@@H]1COC([C]2[CH][CH][CH][CH]2)=N1.[CH]1[CH][CH][CH][CH]1.[Fe]. The topological polar surface area (TPSA) is 21.6 Å². The number of hydrogen-bond acceptors (Lipinski definition) is 2. The number of hydrogen-bond donors (Lipinski definition) is 0. The van der Waals surface area contributed by atoms with E-state index in [2.05, 4.69) is 25.8 Å². The molecule has 10 radical (unpaired) electrons. The van der Waals surface area contributed by atoms with Crippen LogP contribution in [0.2, 0.25) is 0 Å². The zero-order valence-electron chi connectivity index (χ0n) is 12.2. The molecule has 2 nitrogen and oxygen atoms in total. The van der Waals surface area contributed by atoms with Gasteiger partial charge in [-0.3, -0.25) is 0 Å². The van der Waals surface area contributed by atoms with Crippen molar-refractivity contribution in [3.05, 3.63) is 63.7 Å². The molecule has 1 aliphatic heterocycles. The van der Waals surface area contributed by atoms with Gasteiger partial charge in [0.2, 0.25) is 0 Å². The number of rotatable bonds is 1. The summed E-state index contributed by atoms with van der Waals surface area (Å²) in [6.07, 6.45) is 18.1. The van der Waals surface area contributed by atoms with Crippen molar-refractivity contribution in [1.82, 2.24) is 0 Å². The van der Waals surface area contributed by atoms with Crippen molar-refractivity contribution < 1.29 is 21.8 Å². The smallest absolute Gasteiger partial charge is 0.191 e. The van der Waals surface area contributed by atoms with E-state index in [-0.39, 0.29) is 28.5 Å². The van der Waals surface area contributed by atoms with Crippen LogP contribution in [0.1, 0.15) is 20.8 Å². The van der Waals surface area contributed by atoms with Crippen LogP contribution in [-0.2, 0) is 21.8 Å². The van der Waals surface area contributed by atoms with Crippen molar-refractivity contribution in [2.75, 3.05) is 6.61 Å². The molecule has 2 fully saturated rings. The van der Waals surface area contributed by atoms with Gasteiger partial charge in [0.25, 0.3) is 0 Å². The van der Waals surface area contributed by atoms with E-state index in [4.69, 9.17) is 4.74 Å². The fraction of sp³-hybridized carbons (Fsp3) is 0.353. The van der Waals surface area contributed by atoms with Crippen LogP contribution in [0.3, 0.4) is 0 Å². The Kier molecular flexibility index (Phi) is 7.61. The standard InChI is InChI=1S/C12H16NO.C5H5.Fe/c1-12(2,3)10-8-14-11(13-10)9-6-4-5-7-9;1-2-4-5-3-1;/h4-7,10H,8H2,1-3H3;1-5H;/t10-;;/m0../s1. The molecule has 20 heavy (non-hydrogen) atoms. The maximum absolute atomic E-state index is 5.59. The maximum Gasteiger partial charge on any atom is 0.191 e. The van der Waals surface area contributed by atoms with E-state index >= 15 is 0 Å². The van der Waals surface area contributed by atoms with Gasteiger partial charge in [-0.05, 0) is 63.2 Å². The molecular weight excluding hydrogens is 290 g/mol. The van der Waals surface area contributed by atoms with Crippen molar-refractivity contribution >= 4 is 5.90 Å². The minimum absolute atomic E-state index is 0. The fourth-order valence-electron chi connectivity index (χ4n) is 1.81. The van der Waals surface area contributed by atoms with Gasteiger partial charge in [-0.25, -0.2) is 4.99 Å². The van der Waals surface area contributed by atoms with Gasteiger partial charge in [0.1, 0.15) is 6.61 Å². The maximum atomic E-state index is 5.59. The van der Waals surface area contributed by atoms with E-state index in [1.165, 1.54) is 0 Å². The number of aliphatic imine (C=N–C) groups is 1. The van der Waals surface area contributed by atoms with E-state index in [9.17, 15) is 0 Å². The summed E-state index contributed by atoms with van der Waals surface area (Å²) in [5.41, 5.74) is 0.189. The Hall–Kier alpha value is -0.0105. The molecule has 0 N–H and O–H groups in total. The van der Waals surface area contributed by atoms with Gasteiger partial charge in [-0.1, -0.05) is 20.8 Å². The summed E-state index contributed by atoms with van der Waals surface area (Å²) in [5.74, 6) is 1.90. The average molecular weight is 311 g/mol. The molecular formula is C17H21FeNO. The molecule has 0 bridgehead atoms. The predicted molar refractivity (Wildman–Crippen MR) is 78.6 cm³/mol. The zero-order valence-corrected chi connectivity index (χ0v) is 13.3. The fourth-order valence-corrected chi connectivity index (χ4v) is 1.81. The van der Waals surface area contributed by atoms with Crippen LogP contribution < -0.4 is 0 Å². The first-order chi connectivity index (χ1) is 9.07. The van der Waals surface area contributed by atoms with Crippen molar-refractivity contribution in [1.29, 1.82) is 0 Å². The van der Waals surface area contributed by atoms with Crippen LogP contribution in [-0.4, -0.2) is 18.5 Å². The quantitative estimate of drug-likeness (QED) is 0.681. The van der Waals surface area contributed by atoms with E-state index in [1.54, 1.807) is 0 Å². The number of ether oxygens (including phenoxy) is 1. The van der Waals surface area contributed by atoms with Crippen LogP contribution >= 0.6 is 0 Å². The Labute approximate surface area is 135 Å². The molecule has 0 spiro atoms. The molecule has 108 valence electrons. The Bertz CT molecular complexity index is 291. The molecule has 2 aliphatic carbocycles. The first kappa shape index (κ1) is 18.0. The molecule has 3 aliphatic rings. The van der Waals surface area contributed by atoms with Gasteiger partial charge in [0.15, 0.2) is 5.90 Å². The van der Waals surface area contributed by atoms with Gasteiger partial charge in [-0.2, -0.15) is 0 Å². The largest absolute Gasteiger partial charge is 0.478 e. The zero-order chi connectivity index (χ0) is 13.7. The predicted octanol–water partition coefficient (Wildman–Crippen LogP) is 3.25. The minimum Gasteiger partial charge on any atom is -0.478 e. The Morgan fingerprint density at radius 1 is 0.950 bits per heavy atom. The van der Waals surface area contributed by atoms with E-state index < -0.39 is 0 Å².